The number of rotatable bonds is 7. The van der Waals surface area contributed by atoms with E-state index in [-0.39, 0.29) is 0 Å². The van der Waals surface area contributed by atoms with E-state index in [0.29, 0.717) is 31.3 Å². The normalized spacial score (nSPS) is 9.88. The van der Waals surface area contributed by atoms with Crippen molar-refractivity contribution in [2.24, 2.45) is 0 Å². The van der Waals surface area contributed by atoms with E-state index in [2.05, 4.69) is 5.32 Å². The summed E-state index contributed by atoms with van der Waals surface area (Å²) >= 11 is 11.5. The van der Waals surface area contributed by atoms with E-state index in [1.165, 1.54) is 0 Å². The van der Waals surface area contributed by atoms with E-state index in [4.69, 9.17) is 23.2 Å². The summed E-state index contributed by atoms with van der Waals surface area (Å²) in [7, 11) is 0. The summed E-state index contributed by atoms with van der Waals surface area (Å²) in [5.41, 5.74) is 1.71. The van der Waals surface area contributed by atoms with Gasteiger partial charge in [-0.05, 0) is 12.1 Å². The second kappa shape index (κ2) is 7.36. The zero-order valence-corrected chi connectivity index (χ0v) is 10.3. The highest BCUT2D eigenvalue weighted by atomic mass is 35.5. The van der Waals surface area contributed by atoms with Crippen molar-refractivity contribution in [1.82, 2.24) is 0 Å². The molecule has 0 spiro atoms. The Kier molecular flexibility index (Phi) is 6.04. The molecular weight excluding hydrogens is 247 g/mol. The summed E-state index contributed by atoms with van der Waals surface area (Å²) in [6, 6.07) is 7.57. The fraction of sp³-hybridized carbons (Fsp3) is 0.364. The van der Waals surface area contributed by atoms with Crippen molar-refractivity contribution < 1.29 is 4.79 Å². The number of nitrogens with zero attached hydrogens (tertiary/aromatic N) is 1. The summed E-state index contributed by atoms with van der Waals surface area (Å²) in [4.78, 5) is 12.5. The van der Waals surface area contributed by atoms with E-state index >= 15 is 0 Å². The first-order valence-electron chi connectivity index (χ1n) is 4.99. The molecule has 1 amide bonds. The molecule has 0 aliphatic carbocycles. The minimum Gasteiger partial charge on any atom is -0.367 e. The van der Waals surface area contributed by atoms with Crippen LogP contribution in [-0.4, -0.2) is 31.3 Å². The number of carbonyl (C=O) groups is 1. The number of amides is 1. The van der Waals surface area contributed by atoms with Crippen molar-refractivity contribution >= 4 is 41.0 Å². The molecule has 0 aliphatic rings. The maximum atomic E-state index is 10.5. The van der Waals surface area contributed by atoms with Crippen LogP contribution in [0.5, 0.6) is 0 Å². The molecule has 16 heavy (non-hydrogen) atoms. The van der Waals surface area contributed by atoms with Crippen LogP contribution in [0.15, 0.2) is 24.3 Å². The third kappa shape index (κ3) is 3.58. The van der Waals surface area contributed by atoms with Crippen molar-refractivity contribution in [3.8, 4) is 0 Å². The zero-order chi connectivity index (χ0) is 11.8. The van der Waals surface area contributed by atoms with Crippen molar-refractivity contribution in [3.63, 3.8) is 0 Å². The number of carbonyl (C=O) groups excluding carboxylic acids is 1. The first-order valence-corrected chi connectivity index (χ1v) is 6.06. The largest absolute Gasteiger partial charge is 0.367 e. The molecule has 0 saturated carbocycles. The van der Waals surface area contributed by atoms with Crippen molar-refractivity contribution in [3.05, 3.63) is 24.3 Å². The first kappa shape index (κ1) is 13.1. The van der Waals surface area contributed by atoms with Gasteiger partial charge in [0.15, 0.2) is 0 Å². The van der Waals surface area contributed by atoms with E-state index in [9.17, 15) is 4.79 Å². The van der Waals surface area contributed by atoms with E-state index in [0.717, 1.165) is 11.4 Å². The van der Waals surface area contributed by atoms with Crippen LogP contribution >= 0.6 is 23.2 Å². The molecular formula is C11H14Cl2N2O. The second-order valence-corrected chi connectivity index (χ2v) is 3.90. The van der Waals surface area contributed by atoms with Crippen LogP contribution in [0.1, 0.15) is 0 Å². The SMILES string of the molecule is O=CNc1ccccc1N(CCCl)CCCl. The lowest BCUT2D eigenvalue weighted by atomic mass is 10.2. The highest BCUT2D eigenvalue weighted by Crippen LogP contribution is 2.24. The maximum absolute atomic E-state index is 10.5. The van der Waals surface area contributed by atoms with Crippen molar-refractivity contribution in [2.75, 3.05) is 35.1 Å². The summed E-state index contributed by atoms with van der Waals surface area (Å²) < 4.78 is 0. The van der Waals surface area contributed by atoms with Gasteiger partial charge in [-0.1, -0.05) is 12.1 Å². The van der Waals surface area contributed by atoms with Gasteiger partial charge in [0.05, 0.1) is 11.4 Å². The molecule has 0 aliphatic heterocycles. The van der Waals surface area contributed by atoms with Crippen molar-refractivity contribution in [2.45, 2.75) is 0 Å². The van der Waals surface area contributed by atoms with Crippen LogP contribution in [0.3, 0.4) is 0 Å². The monoisotopic (exact) mass is 260 g/mol. The van der Waals surface area contributed by atoms with Gasteiger partial charge in [0, 0.05) is 24.8 Å². The van der Waals surface area contributed by atoms with Gasteiger partial charge in [-0.3, -0.25) is 4.79 Å². The lowest BCUT2D eigenvalue weighted by molar-refractivity contribution is -0.105. The van der Waals surface area contributed by atoms with Gasteiger partial charge < -0.3 is 10.2 Å². The average molecular weight is 261 g/mol. The predicted molar refractivity (Wildman–Crippen MR) is 69.8 cm³/mol. The Labute approximate surface area is 105 Å². The van der Waals surface area contributed by atoms with Crippen LogP contribution < -0.4 is 10.2 Å². The molecule has 0 atom stereocenters. The van der Waals surface area contributed by atoms with Crippen LogP contribution in [0.2, 0.25) is 0 Å². The minimum absolute atomic E-state index is 0.520. The summed E-state index contributed by atoms with van der Waals surface area (Å²) in [6.45, 7) is 1.40. The Morgan fingerprint density at radius 2 is 1.81 bits per heavy atom. The number of alkyl halides is 2. The lowest BCUT2D eigenvalue weighted by Crippen LogP contribution is -2.28. The zero-order valence-electron chi connectivity index (χ0n) is 8.83. The van der Waals surface area contributed by atoms with E-state index in [1.807, 2.05) is 29.2 Å². The molecule has 0 unspecified atom stereocenters. The fourth-order valence-electron chi connectivity index (χ4n) is 1.49. The van der Waals surface area contributed by atoms with Crippen LogP contribution in [0.4, 0.5) is 11.4 Å². The summed E-state index contributed by atoms with van der Waals surface area (Å²) in [6.07, 6.45) is 0.665. The Morgan fingerprint density at radius 3 is 2.38 bits per heavy atom. The molecule has 88 valence electrons. The van der Waals surface area contributed by atoms with Crippen molar-refractivity contribution in [1.29, 1.82) is 0 Å². The Balaban J connectivity index is 2.92. The molecule has 0 radical (unpaired) electrons. The number of halogens is 2. The van der Waals surface area contributed by atoms with Gasteiger partial charge in [0.2, 0.25) is 6.41 Å². The Bertz CT molecular complexity index is 328. The molecule has 0 bridgehead atoms. The van der Waals surface area contributed by atoms with Crippen LogP contribution in [0, 0.1) is 0 Å². The van der Waals surface area contributed by atoms with E-state index < -0.39 is 0 Å². The number of hydrogen-bond donors (Lipinski definition) is 1. The molecule has 0 heterocycles. The summed E-state index contributed by atoms with van der Waals surface area (Å²) in [5, 5.41) is 2.67. The van der Waals surface area contributed by atoms with Gasteiger partial charge in [-0.15, -0.1) is 23.2 Å². The molecule has 5 heteroatoms. The standard InChI is InChI=1S/C11H14Cl2N2O/c12-5-7-15(8-6-13)11-4-2-1-3-10(11)14-9-16/h1-4,9H,5-8H2,(H,14,16). The van der Waals surface area contributed by atoms with E-state index in [1.54, 1.807) is 0 Å². The Hall–Kier alpha value is -0.930. The molecule has 3 nitrogen and oxygen atoms in total. The smallest absolute Gasteiger partial charge is 0.211 e. The van der Waals surface area contributed by atoms with Gasteiger partial charge in [0.25, 0.3) is 0 Å². The van der Waals surface area contributed by atoms with Gasteiger partial charge >= 0.3 is 0 Å². The first-order chi connectivity index (χ1) is 7.83. The molecule has 1 aromatic rings. The molecule has 0 fully saturated rings. The van der Waals surface area contributed by atoms with Gasteiger partial charge in [0.1, 0.15) is 0 Å². The number of anilines is 2. The van der Waals surface area contributed by atoms with Gasteiger partial charge in [-0.2, -0.15) is 0 Å². The quantitative estimate of drug-likeness (QED) is 0.604. The second-order valence-electron chi connectivity index (χ2n) is 3.14. The molecule has 1 N–H and O–H groups in total. The maximum Gasteiger partial charge on any atom is 0.211 e. The van der Waals surface area contributed by atoms with Crippen LogP contribution in [-0.2, 0) is 4.79 Å². The van der Waals surface area contributed by atoms with Gasteiger partial charge in [-0.25, -0.2) is 0 Å². The lowest BCUT2D eigenvalue weighted by Gasteiger charge is -2.25. The molecule has 1 aromatic carbocycles. The molecule has 1 rings (SSSR count). The number of hydrogen-bond acceptors (Lipinski definition) is 2. The summed E-state index contributed by atoms with van der Waals surface area (Å²) in [5.74, 6) is 1.04. The topological polar surface area (TPSA) is 32.3 Å². The predicted octanol–water partition coefficient (Wildman–Crippen LogP) is 2.54. The highest BCUT2D eigenvalue weighted by molar-refractivity contribution is 6.18. The fourth-order valence-corrected chi connectivity index (χ4v) is 1.90. The minimum atomic E-state index is 0.520. The number of nitrogens with one attached hydrogen (secondary N) is 1. The molecule has 0 aromatic heterocycles. The average Bonchev–Trinajstić information content (AvgIpc) is 2.30. The third-order valence-electron chi connectivity index (χ3n) is 2.17. The Morgan fingerprint density at radius 1 is 1.19 bits per heavy atom. The van der Waals surface area contributed by atoms with Crippen LogP contribution in [0.25, 0.3) is 0 Å². The number of para-hydroxylation sites is 2. The third-order valence-corrected chi connectivity index (χ3v) is 2.51. The highest BCUT2D eigenvalue weighted by Gasteiger charge is 2.09. The number of benzene rings is 1. The molecule has 0 saturated heterocycles.